The Balaban J connectivity index is 1.57. The van der Waals surface area contributed by atoms with Gasteiger partial charge < -0.3 is 15.0 Å². The molecule has 1 aromatic rings. The lowest BCUT2D eigenvalue weighted by molar-refractivity contribution is -0.384. The zero-order valence-electron chi connectivity index (χ0n) is 16.2. The van der Waals surface area contributed by atoms with E-state index >= 15 is 0 Å². The number of likely N-dealkylation sites (N-methyl/N-ethyl adjacent to an activating group) is 1. The van der Waals surface area contributed by atoms with Gasteiger partial charge in [-0.15, -0.1) is 0 Å². The third-order valence-corrected chi connectivity index (χ3v) is 5.64. The number of morpholine rings is 1. The molecule has 3 heterocycles. The van der Waals surface area contributed by atoms with Crippen molar-refractivity contribution in [1.29, 1.82) is 0 Å². The SMILES string of the molecule is CN1C(=O)N[C@@H](c2cccc([N+](=O)[O-])c2)C2=C1CN(CCN1CCOCC1)C2=O. The molecular weight excluding hydrogens is 378 g/mol. The number of nitro benzene ring substituents is 1. The Kier molecular flexibility index (Phi) is 5.20. The molecule has 0 spiro atoms. The van der Waals surface area contributed by atoms with Crippen molar-refractivity contribution in [1.82, 2.24) is 20.0 Å². The fourth-order valence-corrected chi connectivity index (χ4v) is 3.96. The lowest BCUT2D eigenvalue weighted by atomic mass is 9.95. The normalized spacial score (nSPS) is 22.7. The van der Waals surface area contributed by atoms with Gasteiger partial charge in [0.25, 0.3) is 11.6 Å². The zero-order valence-corrected chi connectivity index (χ0v) is 16.2. The maximum atomic E-state index is 13.2. The predicted octanol–water partition coefficient (Wildman–Crippen LogP) is 0.719. The first-order valence-electron chi connectivity index (χ1n) is 9.56. The smallest absolute Gasteiger partial charge is 0.322 e. The average molecular weight is 401 g/mol. The molecule has 1 fully saturated rings. The minimum absolute atomic E-state index is 0.0764. The van der Waals surface area contributed by atoms with Crippen molar-refractivity contribution in [2.75, 3.05) is 53.0 Å². The molecule has 0 radical (unpaired) electrons. The molecule has 0 unspecified atom stereocenters. The van der Waals surface area contributed by atoms with Crippen molar-refractivity contribution < 1.29 is 19.2 Å². The van der Waals surface area contributed by atoms with Crippen molar-refractivity contribution in [3.8, 4) is 0 Å². The molecule has 1 aromatic carbocycles. The summed E-state index contributed by atoms with van der Waals surface area (Å²) in [6.45, 7) is 4.71. The lowest BCUT2D eigenvalue weighted by Gasteiger charge is -2.31. The molecule has 10 heteroatoms. The second-order valence-corrected chi connectivity index (χ2v) is 7.33. The zero-order chi connectivity index (χ0) is 20.5. The Labute approximate surface area is 167 Å². The van der Waals surface area contributed by atoms with Crippen LogP contribution in [0.2, 0.25) is 0 Å². The molecule has 3 aliphatic heterocycles. The van der Waals surface area contributed by atoms with E-state index in [1.165, 1.54) is 17.0 Å². The number of carbonyl (C=O) groups is 2. The second kappa shape index (κ2) is 7.80. The Morgan fingerprint density at radius 1 is 1.24 bits per heavy atom. The highest BCUT2D eigenvalue weighted by atomic mass is 16.6. The molecule has 0 aromatic heterocycles. The summed E-state index contributed by atoms with van der Waals surface area (Å²) in [5.74, 6) is -0.142. The fraction of sp³-hybridized carbons (Fsp3) is 0.474. The van der Waals surface area contributed by atoms with E-state index in [1.807, 2.05) is 0 Å². The van der Waals surface area contributed by atoms with Gasteiger partial charge in [-0.3, -0.25) is 24.7 Å². The number of amides is 3. The Morgan fingerprint density at radius 2 is 2.00 bits per heavy atom. The van der Waals surface area contributed by atoms with Gasteiger partial charge in [0.05, 0.1) is 42.0 Å². The van der Waals surface area contributed by atoms with Crippen LogP contribution in [0, 0.1) is 10.1 Å². The fourth-order valence-electron chi connectivity index (χ4n) is 3.96. The number of non-ortho nitro benzene ring substituents is 1. The van der Waals surface area contributed by atoms with Crippen LogP contribution in [-0.4, -0.2) is 84.5 Å². The number of carbonyl (C=O) groups excluding carboxylic acids is 2. The van der Waals surface area contributed by atoms with E-state index in [0.29, 0.717) is 43.1 Å². The first-order valence-corrected chi connectivity index (χ1v) is 9.56. The first kappa shape index (κ1) is 19.3. The van der Waals surface area contributed by atoms with Crippen LogP contribution < -0.4 is 5.32 Å². The van der Waals surface area contributed by atoms with Gasteiger partial charge >= 0.3 is 6.03 Å². The van der Waals surface area contributed by atoms with Gasteiger partial charge in [-0.05, 0) is 5.56 Å². The molecule has 0 aliphatic carbocycles. The molecule has 4 rings (SSSR count). The molecule has 0 bridgehead atoms. The van der Waals surface area contributed by atoms with E-state index in [4.69, 9.17) is 4.74 Å². The van der Waals surface area contributed by atoms with Crippen molar-refractivity contribution in [3.63, 3.8) is 0 Å². The first-order chi connectivity index (χ1) is 14.0. The van der Waals surface area contributed by atoms with E-state index in [1.54, 1.807) is 24.1 Å². The number of urea groups is 1. The summed E-state index contributed by atoms with van der Waals surface area (Å²) in [6.07, 6.45) is 0. The highest BCUT2D eigenvalue weighted by Gasteiger charge is 2.43. The summed E-state index contributed by atoms with van der Waals surface area (Å²) in [5.41, 5.74) is 1.58. The third kappa shape index (κ3) is 3.68. The number of benzene rings is 1. The number of nitro groups is 1. The van der Waals surface area contributed by atoms with E-state index in [9.17, 15) is 19.7 Å². The van der Waals surface area contributed by atoms with Gasteiger partial charge in [-0.25, -0.2) is 4.79 Å². The number of rotatable bonds is 5. The van der Waals surface area contributed by atoms with Crippen LogP contribution in [0.3, 0.4) is 0 Å². The van der Waals surface area contributed by atoms with E-state index < -0.39 is 11.0 Å². The average Bonchev–Trinajstić information content (AvgIpc) is 3.06. The maximum Gasteiger partial charge on any atom is 0.322 e. The van der Waals surface area contributed by atoms with Crippen molar-refractivity contribution >= 4 is 17.6 Å². The molecule has 3 aliphatic rings. The highest BCUT2D eigenvalue weighted by molar-refractivity contribution is 6.01. The van der Waals surface area contributed by atoms with Crippen LogP contribution in [-0.2, 0) is 9.53 Å². The quantitative estimate of drug-likeness (QED) is 0.575. The van der Waals surface area contributed by atoms with E-state index in [2.05, 4.69) is 10.2 Å². The van der Waals surface area contributed by atoms with E-state index in [-0.39, 0.29) is 17.6 Å². The summed E-state index contributed by atoms with van der Waals surface area (Å²) in [4.78, 5) is 41.7. The minimum Gasteiger partial charge on any atom is -0.379 e. The molecule has 1 atom stereocenters. The van der Waals surface area contributed by atoms with E-state index in [0.717, 1.165) is 19.6 Å². The summed E-state index contributed by atoms with van der Waals surface area (Å²) >= 11 is 0. The monoisotopic (exact) mass is 401 g/mol. The van der Waals surface area contributed by atoms with Crippen LogP contribution in [0.4, 0.5) is 10.5 Å². The van der Waals surface area contributed by atoms with Crippen LogP contribution in [0.1, 0.15) is 11.6 Å². The molecule has 1 saturated heterocycles. The highest BCUT2D eigenvalue weighted by Crippen LogP contribution is 2.36. The largest absolute Gasteiger partial charge is 0.379 e. The molecule has 1 N–H and O–H groups in total. The van der Waals surface area contributed by atoms with Gasteiger partial charge in [0.15, 0.2) is 0 Å². The summed E-state index contributed by atoms with van der Waals surface area (Å²) in [6, 6.07) is 5.02. The predicted molar refractivity (Wildman–Crippen MR) is 103 cm³/mol. The molecule has 10 nitrogen and oxygen atoms in total. The van der Waals surface area contributed by atoms with Gasteiger partial charge in [0, 0.05) is 45.4 Å². The maximum absolute atomic E-state index is 13.2. The summed E-state index contributed by atoms with van der Waals surface area (Å²) in [5, 5.41) is 13.9. The summed E-state index contributed by atoms with van der Waals surface area (Å²) in [7, 11) is 1.63. The van der Waals surface area contributed by atoms with Gasteiger partial charge in [-0.2, -0.15) is 0 Å². The Morgan fingerprint density at radius 3 is 2.72 bits per heavy atom. The number of hydrogen-bond acceptors (Lipinski definition) is 6. The molecule has 0 saturated carbocycles. The molecule has 3 amide bonds. The molecule has 154 valence electrons. The van der Waals surface area contributed by atoms with Crippen LogP contribution >= 0.6 is 0 Å². The third-order valence-electron chi connectivity index (χ3n) is 5.64. The number of nitrogens with zero attached hydrogens (tertiary/aromatic N) is 4. The topological polar surface area (TPSA) is 108 Å². The van der Waals surface area contributed by atoms with Crippen molar-refractivity contribution in [2.24, 2.45) is 0 Å². The Hall–Kier alpha value is -2.98. The summed E-state index contributed by atoms with van der Waals surface area (Å²) < 4.78 is 5.35. The standard InChI is InChI=1S/C19H23N5O5/c1-21-15-12-23(6-5-22-7-9-29-10-8-22)18(25)16(15)17(20-19(21)26)13-3-2-4-14(11-13)24(27)28/h2-4,11,17H,5-10,12H2,1H3,(H,20,26)/t17-/m0/s1. The second-order valence-electron chi connectivity index (χ2n) is 7.33. The number of ether oxygens (including phenoxy) is 1. The molecule has 29 heavy (non-hydrogen) atoms. The Bertz CT molecular complexity index is 879. The lowest BCUT2D eigenvalue weighted by Crippen LogP contribution is -2.45. The van der Waals surface area contributed by atoms with Crippen molar-refractivity contribution in [3.05, 3.63) is 51.2 Å². The van der Waals surface area contributed by atoms with Crippen LogP contribution in [0.15, 0.2) is 35.5 Å². The van der Waals surface area contributed by atoms with Gasteiger partial charge in [-0.1, -0.05) is 12.1 Å². The van der Waals surface area contributed by atoms with Gasteiger partial charge in [0.1, 0.15) is 0 Å². The number of hydrogen-bond donors (Lipinski definition) is 1. The molecular formula is C19H23N5O5. The van der Waals surface area contributed by atoms with Gasteiger partial charge in [0.2, 0.25) is 0 Å². The van der Waals surface area contributed by atoms with Crippen LogP contribution in [0.5, 0.6) is 0 Å². The minimum atomic E-state index is -0.700. The van der Waals surface area contributed by atoms with Crippen molar-refractivity contribution in [2.45, 2.75) is 6.04 Å². The van der Waals surface area contributed by atoms with Crippen LogP contribution in [0.25, 0.3) is 0 Å². The number of nitrogens with one attached hydrogen (secondary N) is 1.